The fraction of sp³-hybridized carbons (Fsp3) is 0.600. The largest absolute Gasteiger partial charge is 0.157 e. The predicted octanol–water partition coefficient (Wildman–Crippen LogP) is 3.26. The third-order valence-electron chi connectivity index (χ3n) is 2.49. The maximum atomic E-state index is 4.13. The maximum Gasteiger partial charge on any atom is 0.0294 e. The first kappa shape index (κ1) is 8.92. The lowest BCUT2D eigenvalue weighted by Gasteiger charge is -2.10. The quantitative estimate of drug-likeness (QED) is 0.570. The van der Waals surface area contributed by atoms with Crippen LogP contribution >= 0.6 is 11.8 Å². The molecule has 1 aliphatic rings. The van der Waals surface area contributed by atoms with Crippen molar-refractivity contribution in [3.8, 4) is 0 Å². The molecule has 0 saturated heterocycles. The Hall–Kier alpha value is -0.170. The molecule has 0 bridgehead atoms. The van der Waals surface area contributed by atoms with E-state index in [-0.39, 0.29) is 0 Å². The fourth-order valence-electron chi connectivity index (χ4n) is 1.78. The van der Waals surface area contributed by atoms with Gasteiger partial charge >= 0.3 is 0 Å². The summed E-state index contributed by atoms with van der Waals surface area (Å²) in [6.07, 6.45) is 4.48. The van der Waals surface area contributed by atoms with Crippen molar-refractivity contribution < 1.29 is 0 Å². The molecule has 62 valence electrons. The molecule has 11 heavy (non-hydrogen) atoms. The summed E-state index contributed by atoms with van der Waals surface area (Å²) < 4.78 is 0. The normalized spacial score (nSPS) is 31.5. The molecule has 2 unspecified atom stereocenters. The first-order valence-electron chi connectivity index (χ1n) is 4.09. The van der Waals surface area contributed by atoms with Crippen LogP contribution in [-0.2, 0) is 0 Å². The SMILES string of the molecule is C=C1CC(SC)C(=C)C1CC. The molecule has 2 atom stereocenters. The Bertz CT molecular complexity index is 181. The average Bonchev–Trinajstić information content (AvgIpc) is 2.26. The zero-order valence-corrected chi connectivity index (χ0v) is 8.21. The average molecular weight is 168 g/mol. The van der Waals surface area contributed by atoms with Gasteiger partial charge in [0.05, 0.1) is 0 Å². The first-order chi connectivity index (χ1) is 5.20. The van der Waals surface area contributed by atoms with Gasteiger partial charge < -0.3 is 0 Å². The van der Waals surface area contributed by atoms with E-state index in [9.17, 15) is 0 Å². The summed E-state index contributed by atoms with van der Waals surface area (Å²) in [6.45, 7) is 10.4. The molecule has 1 saturated carbocycles. The van der Waals surface area contributed by atoms with Crippen LogP contribution in [0.1, 0.15) is 19.8 Å². The highest BCUT2D eigenvalue weighted by atomic mass is 32.2. The third-order valence-corrected chi connectivity index (χ3v) is 3.53. The molecule has 0 spiro atoms. The highest BCUT2D eigenvalue weighted by molar-refractivity contribution is 7.99. The summed E-state index contributed by atoms with van der Waals surface area (Å²) in [4.78, 5) is 0. The summed E-state index contributed by atoms with van der Waals surface area (Å²) in [5, 5.41) is 0.646. The van der Waals surface area contributed by atoms with Crippen LogP contribution in [0.15, 0.2) is 24.3 Å². The molecule has 0 radical (unpaired) electrons. The third kappa shape index (κ3) is 1.53. The van der Waals surface area contributed by atoms with Gasteiger partial charge in [-0.15, -0.1) is 0 Å². The summed E-state index contributed by atoms with van der Waals surface area (Å²) in [5.74, 6) is 0.604. The Balaban J connectivity index is 2.71. The minimum atomic E-state index is 0.604. The summed E-state index contributed by atoms with van der Waals surface area (Å²) >= 11 is 1.90. The van der Waals surface area contributed by atoms with E-state index in [0.717, 1.165) is 6.42 Å². The Kier molecular flexibility index (Phi) is 2.83. The Morgan fingerprint density at radius 1 is 1.55 bits per heavy atom. The van der Waals surface area contributed by atoms with Crippen molar-refractivity contribution in [2.75, 3.05) is 6.26 Å². The molecule has 1 fully saturated rings. The zero-order chi connectivity index (χ0) is 8.43. The van der Waals surface area contributed by atoms with Crippen LogP contribution in [0.5, 0.6) is 0 Å². The maximum absolute atomic E-state index is 4.13. The monoisotopic (exact) mass is 168 g/mol. The highest BCUT2D eigenvalue weighted by Gasteiger charge is 2.29. The van der Waals surface area contributed by atoms with Crippen LogP contribution in [0, 0.1) is 5.92 Å². The van der Waals surface area contributed by atoms with Crippen molar-refractivity contribution in [2.24, 2.45) is 5.92 Å². The van der Waals surface area contributed by atoms with Crippen molar-refractivity contribution in [2.45, 2.75) is 25.0 Å². The summed E-state index contributed by atoms with van der Waals surface area (Å²) in [6, 6.07) is 0. The van der Waals surface area contributed by atoms with Gasteiger partial charge in [0.1, 0.15) is 0 Å². The van der Waals surface area contributed by atoms with E-state index in [1.807, 2.05) is 11.8 Å². The Morgan fingerprint density at radius 2 is 2.18 bits per heavy atom. The van der Waals surface area contributed by atoms with Gasteiger partial charge in [0, 0.05) is 11.2 Å². The second kappa shape index (κ2) is 3.48. The van der Waals surface area contributed by atoms with Crippen LogP contribution in [0.3, 0.4) is 0 Å². The molecule has 0 N–H and O–H groups in total. The smallest absolute Gasteiger partial charge is 0.0294 e. The van der Waals surface area contributed by atoms with Gasteiger partial charge in [-0.3, -0.25) is 0 Å². The molecule has 0 heterocycles. The van der Waals surface area contributed by atoms with E-state index in [2.05, 4.69) is 26.3 Å². The van der Waals surface area contributed by atoms with E-state index < -0.39 is 0 Å². The summed E-state index contributed by atoms with van der Waals surface area (Å²) in [7, 11) is 0. The van der Waals surface area contributed by atoms with E-state index in [1.54, 1.807) is 0 Å². The van der Waals surface area contributed by atoms with Crippen molar-refractivity contribution in [1.82, 2.24) is 0 Å². The number of hydrogen-bond donors (Lipinski definition) is 0. The van der Waals surface area contributed by atoms with Gasteiger partial charge in [0.15, 0.2) is 0 Å². The molecule has 0 aromatic carbocycles. The molecule has 0 aromatic rings. The fourth-order valence-corrected chi connectivity index (χ4v) is 2.63. The van der Waals surface area contributed by atoms with Gasteiger partial charge in [0.25, 0.3) is 0 Å². The van der Waals surface area contributed by atoms with Crippen LogP contribution in [0.25, 0.3) is 0 Å². The van der Waals surface area contributed by atoms with Crippen LogP contribution in [-0.4, -0.2) is 11.5 Å². The Morgan fingerprint density at radius 3 is 2.45 bits per heavy atom. The van der Waals surface area contributed by atoms with E-state index in [1.165, 1.54) is 17.6 Å². The van der Waals surface area contributed by atoms with Crippen LogP contribution in [0.4, 0.5) is 0 Å². The number of thioether (sulfide) groups is 1. The van der Waals surface area contributed by atoms with Crippen molar-refractivity contribution >= 4 is 11.8 Å². The molecule has 1 rings (SSSR count). The van der Waals surface area contributed by atoms with Crippen molar-refractivity contribution in [3.05, 3.63) is 24.3 Å². The predicted molar refractivity (Wildman–Crippen MR) is 54.0 cm³/mol. The lowest BCUT2D eigenvalue weighted by molar-refractivity contribution is 0.725. The summed E-state index contributed by atoms with van der Waals surface area (Å²) in [5.41, 5.74) is 2.78. The topological polar surface area (TPSA) is 0 Å². The minimum Gasteiger partial charge on any atom is -0.157 e. The first-order valence-corrected chi connectivity index (χ1v) is 5.38. The van der Waals surface area contributed by atoms with E-state index in [4.69, 9.17) is 0 Å². The van der Waals surface area contributed by atoms with E-state index in [0.29, 0.717) is 11.2 Å². The molecular weight excluding hydrogens is 152 g/mol. The van der Waals surface area contributed by atoms with Gasteiger partial charge in [-0.05, 0) is 19.1 Å². The van der Waals surface area contributed by atoms with Gasteiger partial charge in [-0.2, -0.15) is 11.8 Å². The lowest BCUT2D eigenvalue weighted by atomic mass is 9.98. The number of hydrogen-bond acceptors (Lipinski definition) is 1. The standard InChI is InChI=1S/C10H16S/c1-5-9-7(2)6-10(11-4)8(9)3/h9-10H,2-3,5-6H2,1,4H3. The van der Waals surface area contributed by atoms with Crippen molar-refractivity contribution in [1.29, 1.82) is 0 Å². The number of rotatable bonds is 2. The molecule has 1 heteroatoms. The zero-order valence-electron chi connectivity index (χ0n) is 7.39. The van der Waals surface area contributed by atoms with Crippen molar-refractivity contribution in [3.63, 3.8) is 0 Å². The molecule has 0 aliphatic heterocycles. The second-order valence-corrected chi connectivity index (χ2v) is 4.16. The molecule has 0 nitrogen and oxygen atoms in total. The molecular formula is C10H16S. The Labute approximate surface area is 73.8 Å². The molecule has 0 amide bonds. The van der Waals surface area contributed by atoms with Gasteiger partial charge in [-0.25, -0.2) is 0 Å². The van der Waals surface area contributed by atoms with Crippen LogP contribution in [0.2, 0.25) is 0 Å². The highest BCUT2D eigenvalue weighted by Crippen LogP contribution is 2.41. The lowest BCUT2D eigenvalue weighted by Crippen LogP contribution is -2.00. The molecule has 1 aliphatic carbocycles. The minimum absolute atomic E-state index is 0.604. The number of allylic oxidation sites excluding steroid dienone is 1. The second-order valence-electron chi connectivity index (χ2n) is 3.12. The molecule has 0 aromatic heterocycles. The van der Waals surface area contributed by atoms with Crippen LogP contribution < -0.4 is 0 Å². The van der Waals surface area contributed by atoms with Gasteiger partial charge in [-0.1, -0.05) is 31.2 Å². The van der Waals surface area contributed by atoms with E-state index >= 15 is 0 Å². The van der Waals surface area contributed by atoms with Gasteiger partial charge in [0.2, 0.25) is 0 Å².